The Morgan fingerprint density at radius 3 is 2.50 bits per heavy atom. The van der Waals surface area contributed by atoms with Crippen LogP contribution in [0.2, 0.25) is 0 Å². The Morgan fingerprint density at radius 1 is 1.50 bits per heavy atom. The summed E-state index contributed by atoms with van der Waals surface area (Å²) in [5.74, 6) is -0.923. The second-order valence-electron chi connectivity index (χ2n) is 2.99. The van der Waals surface area contributed by atoms with Crippen molar-refractivity contribution in [1.29, 1.82) is 0 Å². The van der Waals surface area contributed by atoms with E-state index in [1.165, 1.54) is 6.92 Å². The van der Waals surface area contributed by atoms with Crippen molar-refractivity contribution >= 4 is 11.7 Å². The maximum atomic E-state index is 12.8. The summed E-state index contributed by atoms with van der Waals surface area (Å²) in [7, 11) is 0. The minimum atomic E-state index is -0.997. The summed E-state index contributed by atoms with van der Waals surface area (Å²) in [5.41, 5.74) is 1.27. The lowest BCUT2D eigenvalue weighted by Crippen LogP contribution is -2.12. The third-order valence-electron chi connectivity index (χ3n) is 1.81. The molecule has 14 heavy (non-hydrogen) atoms. The van der Waals surface area contributed by atoms with Gasteiger partial charge in [0.25, 0.3) is 0 Å². The summed E-state index contributed by atoms with van der Waals surface area (Å²) < 4.78 is 12.8. The van der Waals surface area contributed by atoms with Crippen LogP contribution >= 0.6 is 0 Å². The maximum absolute atomic E-state index is 12.8. The van der Waals surface area contributed by atoms with Crippen LogP contribution in [0, 0.1) is 0 Å². The second kappa shape index (κ2) is 4.60. The molecule has 76 valence electrons. The van der Waals surface area contributed by atoms with E-state index in [1.807, 2.05) is 0 Å². The van der Waals surface area contributed by atoms with Crippen LogP contribution in [0.1, 0.15) is 18.7 Å². The molecule has 0 aliphatic heterocycles. The molecule has 0 aliphatic rings. The van der Waals surface area contributed by atoms with Gasteiger partial charge in [0.2, 0.25) is 0 Å². The third kappa shape index (κ3) is 3.05. The molecule has 0 heterocycles. The summed E-state index contributed by atoms with van der Waals surface area (Å²) in [6, 6.07) is 6.59. The Kier molecular flexibility index (Phi) is 3.45. The van der Waals surface area contributed by atoms with E-state index in [0.717, 1.165) is 0 Å². The monoisotopic (exact) mass is 197 g/mol. The van der Waals surface area contributed by atoms with E-state index in [0.29, 0.717) is 11.3 Å². The third-order valence-corrected chi connectivity index (χ3v) is 1.81. The number of hydrogen-bond acceptors (Lipinski definition) is 2. The van der Waals surface area contributed by atoms with Gasteiger partial charge in [-0.1, -0.05) is 12.1 Å². The summed E-state index contributed by atoms with van der Waals surface area (Å²) in [5, 5.41) is 11.1. The summed E-state index contributed by atoms with van der Waals surface area (Å²) in [6.07, 6.45) is -0.997. The van der Waals surface area contributed by atoms with Crippen molar-refractivity contribution in [2.45, 2.75) is 13.1 Å². The quantitative estimate of drug-likeness (QED) is 0.778. The average Bonchev–Trinajstić information content (AvgIpc) is 2.15. The van der Waals surface area contributed by atoms with E-state index in [4.69, 9.17) is 5.11 Å². The van der Waals surface area contributed by atoms with Crippen molar-refractivity contribution in [3.05, 3.63) is 29.8 Å². The fourth-order valence-electron chi connectivity index (χ4n) is 1.04. The van der Waals surface area contributed by atoms with Crippen molar-refractivity contribution < 1.29 is 14.3 Å². The van der Waals surface area contributed by atoms with Crippen LogP contribution in [0.15, 0.2) is 24.3 Å². The number of alkyl halides is 1. The SMILES string of the molecule is CC(F)c1ccc(NCC(=O)O)cc1. The predicted molar refractivity (Wildman–Crippen MR) is 52.1 cm³/mol. The Hall–Kier alpha value is -1.58. The van der Waals surface area contributed by atoms with Gasteiger partial charge in [0, 0.05) is 5.69 Å². The number of benzene rings is 1. The summed E-state index contributed by atoms with van der Waals surface area (Å²) >= 11 is 0. The van der Waals surface area contributed by atoms with E-state index in [9.17, 15) is 9.18 Å². The summed E-state index contributed by atoms with van der Waals surface area (Å²) in [6.45, 7) is 1.32. The van der Waals surface area contributed by atoms with Gasteiger partial charge in [-0.25, -0.2) is 4.39 Å². The normalized spacial score (nSPS) is 12.1. The fraction of sp³-hybridized carbons (Fsp3) is 0.300. The Balaban J connectivity index is 2.59. The van der Waals surface area contributed by atoms with Gasteiger partial charge in [0.1, 0.15) is 12.7 Å². The number of nitrogens with one attached hydrogen (secondary N) is 1. The number of aliphatic carboxylic acids is 1. The van der Waals surface area contributed by atoms with Gasteiger partial charge < -0.3 is 10.4 Å². The molecular formula is C10H12FNO2. The molecule has 0 spiro atoms. The highest BCUT2D eigenvalue weighted by atomic mass is 19.1. The van der Waals surface area contributed by atoms with Gasteiger partial charge in [0.05, 0.1) is 0 Å². The standard InChI is InChI=1S/C10H12FNO2/c1-7(11)8-2-4-9(5-3-8)12-6-10(13)14/h2-5,7,12H,6H2,1H3,(H,13,14). The lowest BCUT2D eigenvalue weighted by atomic mass is 10.1. The number of rotatable bonds is 4. The Bertz CT molecular complexity index is 308. The van der Waals surface area contributed by atoms with Crippen LogP contribution in [-0.4, -0.2) is 17.6 Å². The number of carboxylic acids is 1. The molecule has 4 heteroatoms. The van der Waals surface area contributed by atoms with Crippen molar-refractivity contribution in [3.8, 4) is 0 Å². The zero-order valence-electron chi connectivity index (χ0n) is 7.83. The van der Waals surface area contributed by atoms with Crippen LogP contribution < -0.4 is 5.32 Å². The van der Waals surface area contributed by atoms with Gasteiger partial charge >= 0.3 is 5.97 Å². The second-order valence-corrected chi connectivity index (χ2v) is 2.99. The zero-order chi connectivity index (χ0) is 10.6. The smallest absolute Gasteiger partial charge is 0.322 e. The molecule has 3 nitrogen and oxygen atoms in total. The molecule has 0 amide bonds. The van der Waals surface area contributed by atoms with E-state index < -0.39 is 12.1 Å². The lowest BCUT2D eigenvalue weighted by Gasteiger charge is -2.05. The largest absolute Gasteiger partial charge is 0.480 e. The number of carbonyl (C=O) groups is 1. The number of halogens is 1. The molecule has 1 unspecified atom stereocenters. The predicted octanol–water partition coefficient (Wildman–Crippen LogP) is 2.21. The first-order valence-electron chi connectivity index (χ1n) is 4.29. The maximum Gasteiger partial charge on any atom is 0.322 e. The Labute approximate surface area is 81.6 Å². The first-order valence-corrected chi connectivity index (χ1v) is 4.29. The van der Waals surface area contributed by atoms with Gasteiger partial charge in [-0.2, -0.15) is 0 Å². The van der Waals surface area contributed by atoms with Crippen LogP contribution in [0.3, 0.4) is 0 Å². The molecule has 2 N–H and O–H groups in total. The van der Waals surface area contributed by atoms with Crippen molar-refractivity contribution in [1.82, 2.24) is 0 Å². The molecule has 0 aromatic heterocycles. The van der Waals surface area contributed by atoms with Crippen LogP contribution in [0.5, 0.6) is 0 Å². The molecule has 1 atom stereocenters. The molecule has 1 rings (SSSR count). The summed E-state index contributed by atoms with van der Waals surface area (Å²) in [4.78, 5) is 10.2. The first-order chi connectivity index (χ1) is 6.59. The molecule has 0 bridgehead atoms. The van der Waals surface area contributed by atoms with Gasteiger partial charge in [-0.05, 0) is 24.6 Å². The van der Waals surface area contributed by atoms with Crippen LogP contribution in [-0.2, 0) is 4.79 Å². The van der Waals surface area contributed by atoms with E-state index in [-0.39, 0.29) is 6.54 Å². The number of hydrogen-bond donors (Lipinski definition) is 2. The van der Waals surface area contributed by atoms with Gasteiger partial charge in [-0.15, -0.1) is 0 Å². The van der Waals surface area contributed by atoms with Crippen LogP contribution in [0.25, 0.3) is 0 Å². The van der Waals surface area contributed by atoms with E-state index in [2.05, 4.69) is 5.32 Å². The average molecular weight is 197 g/mol. The minimum Gasteiger partial charge on any atom is -0.480 e. The zero-order valence-corrected chi connectivity index (χ0v) is 7.83. The first kappa shape index (κ1) is 10.5. The molecule has 0 fully saturated rings. The number of anilines is 1. The number of carboxylic acid groups (broad SMARTS) is 1. The van der Waals surface area contributed by atoms with Crippen LogP contribution in [0.4, 0.5) is 10.1 Å². The van der Waals surface area contributed by atoms with Gasteiger partial charge in [0.15, 0.2) is 0 Å². The van der Waals surface area contributed by atoms with Crippen molar-refractivity contribution in [2.75, 3.05) is 11.9 Å². The molecule has 0 aliphatic carbocycles. The van der Waals surface area contributed by atoms with E-state index in [1.54, 1.807) is 24.3 Å². The molecule has 1 aromatic rings. The van der Waals surface area contributed by atoms with E-state index >= 15 is 0 Å². The highest BCUT2D eigenvalue weighted by Gasteiger charge is 2.02. The highest BCUT2D eigenvalue weighted by molar-refractivity contribution is 5.72. The molecule has 0 radical (unpaired) electrons. The Morgan fingerprint density at radius 2 is 2.07 bits per heavy atom. The van der Waals surface area contributed by atoms with Crippen molar-refractivity contribution in [3.63, 3.8) is 0 Å². The topological polar surface area (TPSA) is 49.3 Å². The lowest BCUT2D eigenvalue weighted by molar-refractivity contribution is -0.134. The van der Waals surface area contributed by atoms with Crippen molar-refractivity contribution in [2.24, 2.45) is 0 Å². The highest BCUT2D eigenvalue weighted by Crippen LogP contribution is 2.18. The fourth-order valence-corrected chi connectivity index (χ4v) is 1.04. The molecule has 0 saturated carbocycles. The molecular weight excluding hydrogens is 185 g/mol. The van der Waals surface area contributed by atoms with Gasteiger partial charge in [-0.3, -0.25) is 4.79 Å². The molecule has 1 aromatic carbocycles. The minimum absolute atomic E-state index is 0.134. The molecule has 0 saturated heterocycles.